The molecule has 0 aliphatic carbocycles. The van der Waals surface area contributed by atoms with Crippen molar-refractivity contribution in [3.05, 3.63) is 29.8 Å². The lowest BCUT2D eigenvalue weighted by molar-refractivity contribution is 0.359. The Morgan fingerprint density at radius 2 is 2.07 bits per heavy atom. The molecule has 2 heteroatoms. The summed E-state index contributed by atoms with van der Waals surface area (Å²) in [5.41, 5.74) is 1.61. The molecule has 0 bridgehead atoms. The summed E-state index contributed by atoms with van der Waals surface area (Å²) >= 11 is 0. The van der Waals surface area contributed by atoms with Gasteiger partial charge in [-0.05, 0) is 49.9 Å². The Morgan fingerprint density at radius 1 is 1.33 bits per heavy atom. The Labute approximate surface area is 91.3 Å². The maximum Gasteiger partial charge on any atom is 0.115 e. The molecule has 2 N–H and O–H groups in total. The summed E-state index contributed by atoms with van der Waals surface area (Å²) in [5.74, 6) is 0.351. The number of phenols is 1. The fourth-order valence-corrected chi connectivity index (χ4v) is 2.45. The Kier molecular flexibility index (Phi) is 2.96. The number of rotatable bonds is 3. The number of hydrogen-bond acceptors (Lipinski definition) is 2. The zero-order chi connectivity index (χ0) is 10.7. The molecule has 1 heterocycles. The second kappa shape index (κ2) is 4.23. The van der Waals surface area contributed by atoms with E-state index in [1.807, 2.05) is 12.1 Å². The van der Waals surface area contributed by atoms with Gasteiger partial charge in [0.1, 0.15) is 5.75 Å². The first kappa shape index (κ1) is 10.5. The molecule has 0 spiro atoms. The van der Waals surface area contributed by atoms with Crippen molar-refractivity contribution >= 4 is 0 Å². The SMILES string of the molecule is CCC1(Cc2ccc(O)cc2)CCCN1. The van der Waals surface area contributed by atoms with Gasteiger partial charge in [0, 0.05) is 5.54 Å². The number of nitrogens with one attached hydrogen (secondary N) is 1. The molecular weight excluding hydrogens is 186 g/mol. The fraction of sp³-hybridized carbons (Fsp3) is 0.538. The van der Waals surface area contributed by atoms with E-state index in [0.29, 0.717) is 11.3 Å². The van der Waals surface area contributed by atoms with Crippen LogP contribution in [0.4, 0.5) is 0 Å². The van der Waals surface area contributed by atoms with Crippen molar-refractivity contribution in [2.75, 3.05) is 6.54 Å². The third-order valence-corrected chi connectivity index (χ3v) is 3.49. The van der Waals surface area contributed by atoms with Crippen molar-refractivity contribution in [1.29, 1.82) is 0 Å². The number of phenolic OH excluding ortho intramolecular Hbond substituents is 1. The predicted molar refractivity (Wildman–Crippen MR) is 62.1 cm³/mol. The lowest BCUT2D eigenvalue weighted by Gasteiger charge is -2.28. The molecule has 2 rings (SSSR count). The van der Waals surface area contributed by atoms with E-state index < -0.39 is 0 Å². The standard InChI is InChI=1S/C13H19NO/c1-2-13(8-3-9-14-13)10-11-4-6-12(15)7-5-11/h4-7,14-15H,2-3,8-10H2,1H3. The van der Waals surface area contributed by atoms with Gasteiger partial charge in [0.15, 0.2) is 0 Å². The van der Waals surface area contributed by atoms with Crippen LogP contribution in [0.2, 0.25) is 0 Å². The van der Waals surface area contributed by atoms with Crippen LogP contribution in [0.3, 0.4) is 0 Å². The normalized spacial score (nSPS) is 25.7. The summed E-state index contributed by atoms with van der Waals surface area (Å²) < 4.78 is 0. The van der Waals surface area contributed by atoms with Crippen LogP contribution in [0, 0.1) is 0 Å². The average Bonchev–Trinajstić information content (AvgIpc) is 2.71. The first-order valence-corrected chi connectivity index (χ1v) is 5.77. The molecule has 1 saturated heterocycles. The van der Waals surface area contributed by atoms with Crippen LogP contribution in [-0.2, 0) is 6.42 Å². The van der Waals surface area contributed by atoms with Crippen LogP contribution in [0.15, 0.2) is 24.3 Å². The van der Waals surface area contributed by atoms with Gasteiger partial charge in [-0.15, -0.1) is 0 Å². The summed E-state index contributed by atoms with van der Waals surface area (Å²) in [6, 6.07) is 7.58. The number of benzene rings is 1. The van der Waals surface area contributed by atoms with Crippen molar-refractivity contribution in [1.82, 2.24) is 5.32 Å². The highest BCUT2D eigenvalue weighted by Crippen LogP contribution is 2.27. The zero-order valence-electron chi connectivity index (χ0n) is 9.29. The maximum absolute atomic E-state index is 9.22. The Hall–Kier alpha value is -1.02. The van der Waals surface area contributed by atoms with Crippen LogP contribution in [0.25, 0.3) is 0 Å². The van der Waals surface area contributed by atoms with Crippen molar-refractivity contribution in [3.63, 3.8) is 0 Å². The molecule has 15 heavy (non-hydrogen) atoms. The van der Waals surface area contributed by atoms with Gasteiger partial charge >= 0.3 is 0 Å². The molecule has 1 aromatic carbocycles. The van der Waals surface area contributed by atoms with Gasteiger partial charge in [-0.2, -0.15) is 0 Å². The smallest absolute Gasteiger partial charge is 0.115 e. The van der Waals surface area contributed by atoms with Gasteiger partial charge in [0.05, 0.1) is 0 Å². The average molecular weight is 205 g/mol. The number of hydrogen-bond donors (Lipinski definition) is 2. The van der Waals surface area contributed by atoms with E-state index in [4.69, 9.17) is 0 Å². The molecule has 1 unspecified atom stereocenters. The summed E-state index contributed by atoms with van der Waals surface area (Å²) in [5, 5.41) is 12.8. The second-order valence-electron chi connectivity index (χ2n) is 4.51. The molecule has 1 atom stereocenters. The minimum atomic E-state index is 0.303. The highest BCUT2D eigenvalue weighted by molar-refractivity contribution is 5.27. The van der Waals surface area contributed by atoms with E-state index in [1.54, 1.807) is 12.1 Å². The molecule has 2 nitrogen and oxygen atoms in total. The quantitative estimate of drug-likeness (QED) is 0.794. The van der Waals surface area contributed by atoms with Crippen molar-refractivity contribution in [3.8, 4) is 5.75 Å². The molecule has 0 radical (unpaired) electrons. The lowest BCUT2D eigenvalue weighted by Crippen LogP contribution is -2.41. The lowest BCUT2D eigenvalue weighted by atomic mass is 9.87. The van der Waals surface area contributed by atoms with Crippen molar-refractivity contribution < 1.29 is 5.11 Å². The van der Waals surface area contributed by atoms with Crippen LogP contribution < -0.4 is 5.32 Å². The predicted octanol–water partition coefficient (Wildman–Crippen LogP) is 2.47. The molecule has 1 aliphatic rings. The minimum Gasteiger partial charge on any atom is -0.508 e. The third kappa shape index (κ3) is 2.32. The van der Waals surface area contributed by atoms with E-state index in [2.05, 4.69) is 12.2 Å². The van der Waals surface area contributed by atoms with Gasteiger partial charge < -0.3 is 10.4 Å². The summed E-state index contributed by atoms with van der Waals surface area (Å²) in [6.07, 6.45) is 4.80. The minimum absolute atomic E-state index is 0.303. The fourth-order valence-electron chi connectivity index (χ4n) is 2.45. The summed E-state index contributed by atoms with van der Waals surface area (Å²) in [7, 11) is 0. The van der Waals surface area contributed by atoms with Gasteiger partial charge in [0.25, 0.3) is 0 Å². The second-order valence-corrected chi connectivity index (χ2v) is 4.51. The van der Waals surface area contributed by atoms with Gasteiger partial charge in [0.2, 0.25) is 0 Å². The summed E-state index contributed by atoms with van der Waals surface area (Å²) in [6.45, 7) is 3.39. The zero-order valence-corrected chi connectivity index (χ0v) is 9.29. The molecule has 82 valence electrons. The van der Waals surface area contributed by atoms with Crippen LogP contribution in [-0.4, -0.2) is 17.2 Å². The van der Waals surface area contributed by atoms with Crippen LogP contribution in [0.1, 0.15) is 31.7 Å². The molecule has 0 amide bonds. The van der Waals surface area contributed by atoms with E-state index >= 15 is 0 Å². The molecule has 0 saturated carbocycles. The summed E-state index contributed by atoms with van der Waals surface area (Å²) in [4.78, 5) is 0. The van der Waals surface area contributed by atoms with E-state index in [9.17, 15) is 5.11 Å². The first-order valence-electron chi connectivity index (χ1n) is 5.77. The number of aromatic hydroxyl groups is 1. The molecule has 1 aliphatic heterocycles. The monoisotopic (exact) mass is 205 g/mol. The van der Waals surface area contributed by atoms with Gasteiger partial charge in [-0.3, -0.25) is 0 Å². The van der Waals surface area contributed by atoms with Crippen LogP contribution in [0.5, 0.6) is 5.75 Å². The highest BCUT2D eigenvalue weighted by Gasteiger charge is 2.31. The molecule has 1 aromatic rings. The van der Waals surface area contributed by atoms with Gasteiger partial charge in [-0.1, -0.05) is 19.1 Å². The van der Waals surface area contributed by atoms with Crippen LogP contribution >= 0.6 is 0 Å². The van der Waals surface area contributed by atoms with Crippen molar-refractivity contribution in [2.24, 2.45) is 0 Å². The Balaban J connectivity index is 2.09. The first-order chi connectivity index (χ1) is 7.24. The van der Waals surface area contributed by atoms with Gasteiger partial charge in [-0.25, -0.2) is 0 Å². The van der Waals surface area contributed by atoms with Crippen molar-refractivity contribution in [2.45, 2.75) is 38.1 Å². The topological polar surface area (TPSA) is 32.3 Å². The molecular formula is C13H19NO. The van der Waals surface area contributed by atoms with E-state index in [1.165, 1.54) is 24.8 Å². The Bertz CT molecular complexity index is 312. The van der Waals surface area contributed by atoms with E-state index in [-0.39, 0.29) is 0 Å². The molecule has 1 fully saturated rings. The Morgan fingerprint density at radius 3 is 2.60 bits per heavy atom. The highest BCUT2D eigenvalue weighted by atomic mass is 16.3. The third-order valence-electron chi connectivity index (χ3n) is 3.49. The largest absolute Gasteiger partial charge is 0.508 e. The maximum atomic E-state index is 9.22. The van der Waals surface area contributed by atoms with E-state index in [0.717, 1.165) is 13.0 Å². The molecule has 0 aromatic heterocycles.